The second kappa shape index (κ2) is 3.66. The van der Waals surface area contributed by atoms with Crippen LogP contribution in [0.4, 0.5) is 0 Å². The molecule has 78 valence electrons. The summed E-state index contributed by atoms with van der Waals surface area (Å²) < 4.78 is 1.95. The quantitative estimate of drug-likeness (QED) is 0.705. The highest BCUT2D eigenvalue weighted by Gasteiger charge is 2.18. The zero-order valence-electron chi connectivity index (χ0n) is 9.44. The molecule has 0 fully saturated rings. The Morgan fingerprint density at radius 3 is 2.27 bits per heavy atom. The first kappa shape index (κ1) is 10.2. The minimum Gasteiger partial charge on any atom is -0.241 e. The number of para-hydroxylation sites is 1. The van der Waals surface area contributed by atoms with Crippen LogP contribution in [0.5, 0.6) is 0 Å². The van der Waals surface area contributed by atoms with Crippen LogP contribution in [0.25, 0.3) is 5.69 Å². The van der Waals surface area contributed by atoms with Crippen molar-refractivity contribution < 1.29 is 0 Å². The summed E-state index contributed by atoms with van der Waals surface area (Å²) in [6.07, 6.45) is 4.15. The van der Waals surface area contributed by atoms with Gasteiger partial charge in [0.05, 0.1) is 13.8 Å². The lowest BCUT2D eigenvalue weighted by atomic mass is 10.3. The van der Waals surface area contributed by atoms with Crippen LogP contribution in [-0.2, 0) is 0 Å². The maximum atomic E-state index is 4.40. The van der Waals surface area contributed by atoms with Crippen molar-refractivity contribution in [2.45, 2.75) is 19.6 Å². The third kappa shape index (κ3) is 2.18. The van der Waals surface area contributed by atoms with Crippen LogP contribution in [-0.4, -0.2) is 17.9 Å². The fraction of sp³-hybridized carbons (Fsp3) is 0.250. The van der Waals surface area contributed by atoms with Gasteiger partial charge in [-0.2, -0.15) is 5.10 Å². The molecule has 0 atom stereocenters. The number of hydrogen-bond donors (Lipinski definition) is 0. The van der Waals surface area contributed by atoms with E-state index in [0.717, 1.165) is 5.69 Å². The molecule has 2 nitrogen and oxygen atoms in total. The topological polar surface area (TPSA) is 17.8 Å². The molecular weight excluding hydrogens is 200 g/mol. The van der Waals surface area contributed by atoms with Crippen molar-refractivity contribution in [3.8, 4) is 5.69 Å². The number of benzene rings is 1. The Kier molecular flexibility index (Phi) is 2.48. The van der Waals surface area contributed by atoms with Gasteiger partial charge in [-0.15, -0.1) is 0 Å². The average molecular weight is 216 g/mol. The van der Waals surface area contributed by atoms with E-state index in [-0.39, 0.29) is 0 Å². The lowest BCUT2D eigenvalue weighted by molar-refractivity contribution is 0.881. The van der Waals surface area contributed by atoms with Gasteiger partial charge in [-0.3, -0.25) is 0 Å². The Morgan fingerprint density at radius 1 is 1.07 bits per heavy atom. The Hall–Kier alpha value is -1.35. The van der Waals surface area contributed by atoms with Gasteiger partial charge in [-0.05, 0) is 17.3 Å². The summed E-state index contributed by atoms with van der Waals surface area (Å²) in [6, 6.07) is 10.2. The number of rotatable bonds is 2. The zero-order valence-corrected chi connectivity index (χ0v) is 10.4. The van der Waals surface area contributed by atoms with Crippen LogP contribution in [0, 0.1) is 0 Å². The Morgan fingerprint density at radius 2 is 1.73 bits per heavy atom. The monoisotopic (exact) mass is 216 g/mol. The van der Waals surface area contributed by atoms with Crippen molar-refractivity contribution in [3.63, 3.8) is 0 Å². The first-order chi connectivity index (χ1) is 7.07. The van der Waals surface area contributed by atoms with E-state index in [2.05, 4.69) is 43.1 Å². The molecule has 3 heteroatoms. The largest absolute Gasteiger partial charge is 0.241 e. The molecule has 2 rings (SSSR count). The molecule has 0 aliphatic heterocycles. The fourth-order valence-electron chi connectivity index (χ4n) is 1.43. The maximum absolute atomic E-state index is 4.40. The highest BCUT2D eigenvalue weighted by Crippen LogP contribution is 2.06. The van der Waals surface area contributed by atoms with E-state index in [9.17, 15) is 0 Å². The summed E-state index contributed by atoms with van der Waals surface area (Å²) in [7, 11) is -1.23. The number of nitrogens with zero attached hydrogens (tertiary/aromatic N) is 2. The van der Waals surface area contributed by atoms with E-state index in [1.54, 1.807) is 0 Å². The molecule has 0 spiro atoms. The van der Waals surface area contributed by atoms with Crippen LogP contribution in [0.1, 0.15) is 0 Å². The molecule has 1 heterocycles. The van der Waals surface area contributed by atoms with Crippen molar-refractivity contribution in [2.24, 2.45) is 0 Å². The second-order valence-corrected chi connectivity index (χ2v) is 9.84. The molecule has 2 aromatic rings. The molecule has 0 unspecified atom stereocenters. The fourth-order valence-corrected chi connectivity index (χ4v) is 2.39. The molecule has 0 radical (unpaired) electrons. The van der Waals surface area contributed by atoms with Crippen molar-refractivity contribution in [1.82, 2.24) is 9.78 Å². The molecule has 0 N–H and O–H groups in total. The number of aromatic nitrogens is 2. The third-order valence-electron chi connectivity index (χ3n) is 2.47. The Balaban J connectivity index is 2.37. The lowest BCUT2D eigenvalue weighted by Crippen LogP contribution is -2.36. The predicted octanol–water partition coefficient (Wildman–Crippen LogP) is 2.42. The summed E-state index contributed by atoms with van der Waals surface area (Å²) in [5.41, 5.74) is 1.13. The molecule has 15 heavy (non-hydrogen) atoms. The third-order valence-corrected chi connectivity index (χ3v) is 4.46. The van der Waals surface area contributed by atoms with Crippen molar-refractivity contribution in [1.29, 1.82) is 0 Å². The maximum Gasteiger partial charge on any atom is 0.0817 e. The van der Waals surface area contributed by atoms with E-state index in [0.29, 0.717) is 0 Å². The van der Waals surface area contributed by atoms with Gasteiger partial charge in [-0.1, -0.05) is 37.8 Å². The standard InChI is InChI=1S/C12H16N2Si/c1-15(2,3)12-9-13-14(10-12)11-7-5-4-6-8-11/h4-10H,1-3H3. The van der Waals surface area contributed by atoms with Crippen molar-refractivity contribution in [3.05, 3.63) is 42.7 Å². The molecular formula is C12H16N2Si. The molecule has 0 aliphatic rings. The van der Waals surface area contributed by atoms with E-state index in [1.165, 1.54) is 5.19 Å². The highest BCUT2D eigenvalue weighted by atomic mass is 28.3. The summed E-state index contributed by atoms with van der Waals surface area (Å²) in [4.78, 5) is 0. The van der Waals surface area contributed by atoms with Gasteiger partial charge in [0, 0.05) is 12.4 Å². The summed E-state index contributed by atoms with van der Waals surface area (Å²) in [5, 5.41) is 5.80. The van der Waals surface area contributed by atoms with E-state index >= 15 is 0 Å². The molecule has 0 saturated heterocycles. The van der Waals surface area contributed by atoms with Gasteiger partial charge in [0.1, 0.15) is 0 Å². The normalized spacial score (nSPS) is 11.7. The predicted molar refractivity (Wildman–Crippen MR) is 66.5 cm³/mol. The van der Waals surface area contributed by atoms with Gasteiger partial charge in [0.2, 0.25) is 0 Å². The molecule has 0 bridgehead atoms. The van der Waals surface area contributed by atoms with Crippen LogP contribution in [0.2, 0.25) is 19.6 Å². The Labute approximate surface area is 91.6 Å². The highest BCUT2D eigenvalue weighted by molar-refractivity contribution is 6.88. The van der Waals surface area contributed by atoms with Crippen LogP contribution in [0.15, 0.2) is 42.7 Å². The van der Waals surface area contributed by atoms with E-state index in [1.807, 2.05) is 29.1 Å². The van der Waals surface area contributed by atoms with Gasteiger partial charge in [-0.25, -0.2) is 4.68 Å². The minimum absolute atomic E-state index is 1.13. The Bertz CT molecular complexity index is 440. The molecule has 1 aromatic heterocycles. The molecule has 0 aliphatic carbocycles. The summed E-state index contributed by atoms with van der Waals surface area (Å²) >= 11 is 0. The van der Waals surface area contributed by atoms with Gasteiger partial charge >= 0.3 is 0 Å². The molecule has 1 aromatic carbocycles. The van der Waals surface area contributed by atoms with E-state index < -0.39 is 8.07 Å². The average Bonchev–Trinajstić information content (AvgIpc) is 2.67. The van der Waals surface area contributed by atoms with Crippen molar-refractivity contribution >= 4 is 13.3 Å². The second-order valence-electron chi connectivity index (χ2n) is 4.76. The lowest BCUT2D eigenvalue weighted by Gasteiger charge is -2.12. The first-order valence-electron chi connectivity index (χ1n) is 5.18. The minimum atomic E-state index is -1.23. The van der Waals surface area contributed by atoms with Crippen LogP contribution in [0.3, 0.4) is 0 Å². The van der Waals surface area contributed by atoms with Crippen molar-refractivity contribution in [2.75, 3.05) is 0 Å². The smallest absolute Gasteiger partial charge is 0.0817 e. The van der Waals surface area contributed by atoms with E-state index in [4.69, 9.17) is 0 Å². The molecule has 0 amide bonds. The van der Waals surface area contributed by atoms with Crippen LogP contribution >= 0.6 is 0 Å². The van der Waals surface area contributed by atoms with Gasteiger partial charge < -0.3 is 0 Å². The SMILES string of the molecule is C[Si](C)(C)c1cnn(-c2ccccc2)c1. The summed E-state index contributed by atoms with van der Waals surface area (Å²) in [6.45, 7) is 7.00. The van der Waals surface area contributed by atoms with Gasteiger partial charge in [0.15, 0.2) is 0 Å². The molecule has 0 saturated carbocycles. The number of hydrogen-bond acceptors (Lipinski definition) is 1. The van der Waals surface area contributed by atoms with Gasteiger partial charge in [0.25, 0.3) is 0 Å². The van der Waals surface area contributed by atoms with Crippen LogP contribution < -0.4 is 5.19 Å². The zero-order chi connectivity index (χ0) is 10.9. The summed E-state index contributed by atoms with van der Waals surface area (Å²) in [5.74, 6) is 0. The first-order valence-corrected chi connectivity index (χ1v) is 8.68.